The van der Waals surface area contributed by atoms with Gasteiger partial charge in [-0.15, -0.1) is 0 Å². The number of likely N-dealkylation sites (tertiary alicyclic amines) is 1. The summed E-state index contributed by atoms with van der Waals surface area (Å²) in [5.74, 6) is 0.907. The summed E-state index contributed by atoms with van der Waals surface area (Å²) < 4.78 is 5.93. The van der Waals surface area contributed by atoms with E-state index in [2.05, 4.69) is 20.6 Å². The first-order chi connectivity index (χ1) is 17.5. The lowest BCUT2D eigenvalue weighted by Crippen LogP contribution is -2.73. The Morgan fingerprint density at radius 3 is 2.28 bits per heavy atom. The summed E-state index contributed by atoms with van der Waals surface area (Å²) in [7, 11) is 0. The molecule has 0 radical (unpaired) electrons. The molecular weight excluding hydrogens is 460 g/mol. The summed E-state index contributed by atoms with van der Waals surface area (Å²) >= 11 is 0. The molecule has 10 nitrogen and oxygen atoms in total. The Hall–Kier alpha value is -4.73. The van der Waals surface area contributed by atoms with E-state index in [-0.39, 0.29) is 17.0 Å². The molecule has 0 unspecified atom stereocenters. The van der Waals surface area contributed by atoms with E-state index in [1.807, 2.05) is 70.5 Å². The van der Waals surface area contributed by atoms with Gasteiger partial charge in [-0.1, -0.05) is 36.4 Å². The van der Waals surface area contributed by atoms with Gasteiger partial charge in [0, 0.05) is 43.2 Å². The highest BCUT2D eigenvalue weighted by molar-refractivity contribution is 6.13. The molecular formula is C26H22N6O4. The largest absolute Gasteiger partial charge is 0.439 e. The molecule has 3 fully saturated rings. The van der Waals surface area contributed by atoms with Crippen LogP contribution in [0.4, 0.5) is 10.7 Å². The molecule has 0 bridgehead atoms. The van der Waals surface area contributed by atoms with Crippen molar-refractivity contribution in [3.05, 3.63) is 83.7 Å². The van der Waals surface area contributed by atoms with E-state index in [4.69, 9.17) is 4.74 Å². The molecule has 3 aromatic rings. The third kappa shape index (κ3) is 4.13. The number of carbonyl (C=O) groups is 3. The fourth-order valence-corrected chi connectivity index (χ4v) is 4.71. The second-order valence-corrected chi connectivity index (χ2v) is 9.20. The van der Waals surface area contributed by atoms with Crippen LogP contribution in [0.1, 0.15) is 16.1 Å². The molecule has 0 atom stereocenters. The SMILES string of the molecule is O=C1NC(=O)/C(=C/c2cc(Oc3ccccc3)nc(N3CC4(CN(C(=O)c5ccccc5)C4)C3)n2)N1. The number of imide groups is 1. The number of ether oxygens (including phenoxy) is 1. The summed E-state index contributed by atoms with van der Waals surface area (Å²) in [6.45, 7) is 2.77. The number of rotatable bonds is 5. The van der Waals surface area contributed by atoms with E-state index in [1.54, 1.807) is 6.07 Å². The van der Waals surface area contributed by atoms with Crippen LogP contribution in [0.15, 0.2) is 72.4 Å². The molecule has 10 heteroatoms. The summed E-state index contributed by atoms with van der Waals surface area (Å²) in [5, 5.41) is 4.65. The van der Waals surface area contributed by atoms with Crippen LogP contribution in [0, 0.1) is 5.41 Å². The number of benzene rings is 2. The van der Waals surface area contributed by atoms with Crippen LogP contribution in [0.3, 0.4) is 0 Å². The fraction of sp³-hybridized carbons (Fsp3) is 0.192. The summed E-state index contributed by atoms with van der Waals surface area (Å²) in [4.78, 5) is 49.2. The summed E-state index contributed by atoms with van der Waals surface area (Å²) in [6, 6.07) is 19.5. The van der Waals surface area contributed by atoms with Gasteiger partial charge in [0.25, 0.3) is 11.8 Å². The second kappa shape index (κ2) is 8.49. The van der Waals surface area contributed by atoms with Crippen LogP contribution in [-0.4, -0.2) is 58.9 Å². The van der Waals surface area contributed by atoms with E-state index in [9.17, 15) is 14.4 Å². The Bertz CT molecular complexity index is 1380. The Morgan fingerprint density at radius 1 is 0.917 bits per heavy atom. The first-order valence-corrected chi connectivity index (χ1v) is 11.5. The molecule has 6 rings (SSSR count). The van der Waals surface area contributed by atoms with Crippen molar-refractivity contribution in [2.75, 3.05) is 31.1 Å². The van der Waals surface area contributed by atoms with Crippen LogP contribution in [0.2, 0.25) is 0 Å². The maximum atomic E-state index is 12.7. The number of aromatic nitrogens is 2. The zero-order chi connectivity index (χ0) is 24.7. The lowest BCUT2D eigenvalue weighted by atomic mass is 9.72. The lowest BCUT2D eigenvalue weighted by Gasteiger charge is -2.60. The number of amides is 4. The molecule has 1 spiro atoms. The summed E-state index contributed by atoms with van der Waals surface area (Å²) in [6.07, 6.45) is 1.49. The first kappa shape index (κ1) is 21.8. The molecule has 36 heavy (non-hydrogen) atoms. The lowest BCUT2D eigenvalue weighted by molar-refractivity contribution is -0.115. The maximum Gasteiger partial charge on any atom is 0.326 e. The number of hydrogen-bond donors (Lipinski definition) is 2. The highest BCUT2D eigenvalue weighted by Gasteiger charge is 2.54. The number of nitrogens with zero attached hydrogens (tertiary/aromatic N) is 4. The van der Waals surface area contributed by atoms with Crippen molar-refractivity contribution in [3.63, 3.8) is 0 Å². The van der Waals surface area contributed by atoms with Gasteiger partial charge in [-0.2, -0.15) is 4.98 Å². The smallest absolute Gasteiger partial charge is 0.326 e. The number of nitrogens with one attached hydrogen (secondary N) is 2. The molecule has 0 aliphatic carbocycles. The monoisotopic (exact) mass is 482 g/mol. The summed E-state index contributed by atoms with van der Waals surface area (Å²) in [5.41, 5.74) is 1.23. The Kier molecular flexibility index (Phi) is 5.14. The zero-order valence-corrected chi connectivity index (χ0v) is 19.2. The van der Waals surface area contributed by atoms with E-state index in [0.29, 0.717) is 55.0 Å². The normalized spacial score (nSPS) is 18.9. The highest BCUT2D eigenvalue weighted by atomic mass is 16.5. The highest BCUT2D eigenvalue weighted by Crippen LogP contribution is 2.42. The van der Waals surface area contributed by atoms with Crippen LogP contribution < -0.4 is 20.3 Å². The predicted molar refractivity (Wildman–Crippen MR) is 130 cm³/mol. The average Bonchev–Trinajstić information content (AvgIpc) is 3.14. The maximum absolute atomic E-state index is 12.7. The number of urea groups is 1. The van der Waals surface area contributed by atoms with Gasteiger partial charge in [-0.05, 0) is 30.3 Å². The van der Waals surface area contributed by atoms with Crippen molar-refractivity contribution in [2.45, 2.75) is 0 Å². The van der Waals surface area contributed by atoms with Gasteiger partial charge in [-0.25, -0.2) is 9.78 Å². The fourth-order valence-electron chi connectivity index (χ4n) is 4.71. The van der Waals surface area contributed by atoms with E-state index in [0.717, 1.165) is 0 Å². The van der Waals surface area contributed by atoms with Crippen molar-refractivity contribution < 1.29 is 19.1 Å². The molecule has 1 aromatic heterocycles. The first-order valence-electron chi connectivity index (χ1n) is 11.5. The number of para-hydroxylation sites is 1. The van der Waals surface area contributed by atoms with Gasteiger partial charge < -0.3 is 19.9 Å². The Balaban J connectivity index is 1.20. The molecule has 4 heterocycles. The van der Waals surface area contributed by atoms with Crippen molar-refractivity contribution in [2.24, 2.45) is 5.41 Å². The van der Waals surface area contributed by atoms with Gasteiger partial charge in [0.1, 0.15) is 11.4 Å². The molecule has 2 N–H and O–H groups in total. The van der Waals surface area contributed by atoms with E-state index >= 15 is 0 Å². The molecule has 180 valence electrons. The van der Waals surface area contributed by atoms with Crippen LogP contribution >= 0.6 is 0 Å². The Morgan fingerprint density at radius 2 is 1.61 bits per heavy atom. The quantitative estimate of drug-likeness (QED) is 0.424. The van der Waals surface area contributed by atoms with Crippen molar-refractivity contribution in [1.82, 2.24) is 25.5 Å². The number of anilines is 1. The van der Waals surface area contributed by atoms with Crippen molar-refractivity contribution in [3.8, 4) is 11.6 Å². The molecule has 3 aliphatic heterocycles. The van der Waals surface area contributed by atoms with Gasteiger partial charge >= 0.3 is 6.03 Å². The third-order valence-electron chi connectivity index (χ3n) is 6.38. The van der Waals surface area contributed by atoms with Crippen LogP contribution in [-0.2, 0) is 4.79 Å². The molecule has 3 aliphatic rings. The van der Waals surface area contributed by atoms with Gasteiger partial charge in [0.05, 0.1) is 5.69 Å². The van der Waals surface area contributed by atoms with Crippen LogP contribution in [0.25, 0.3) is 6.08 Å². The molecule has 4 amide bonds. The number of hydrogen-bond acceptors (Lipinski definition) is 7. The predicted octanol–water partition coefficient (Wildman–Crippen LogP) is 2.41. The van der Waals surface area contributed by atoms with Gasteiger partial charge in [0.2, 0.25) is 11.8 Å². The number of carbonyl (C=O) groups excluding carboxylic acids is 3. The van der Waals surface area contributed by atoms with Crippen LogP contribution in [0.5, 0.6) is 11.6 Å². The van der Waals surface area contributed by atoms with E-state index in [1.165, 1.54) is 6.08 Å². The molecule has 2 aromatic carbocycles. The van der Waals surface area contributed by atoms with Crippen molar-refractivity contribution >= 4 is 29.9 Å². The third-order valence-corrected chi connectivity index (χ3v) is 6.38. The minimum Gasteiger partial charge on any atom is -0.439 e. The average molecular weight is 483 g/mol. The standard InChI is InChI=1S/C26H22N6O4/c33-22-20(28-25(35)30-22)11-18-12-21(36-19-9-5-2-6-10-19)29-24(27-18)32-15-26(16-32)13-31(14-26)23(34)17-7-3-1-4-8-17/h1-12H,13-16H2,(H2,28,30,33,35)/b20-11-. The molecule has 0 saturated carbocycles. The second-order valence-electron chi connectivity index (χ2n) is 9.20. The topological polar surface area (TPSA) is 117 Å². The minimum absolute atomic E-state index is 0.0159. The Labute approximate surface area is 206 Å². The minimum atomic E-state index is -0.578. The van der Waals surface area contributed by atoms with Crippen molar-refractivity contribution in [1.29, 1.82) is 0 Å². The molecule has 3 saturated heterocycles. The van der Waals surface area contributed by atoms with Gasteiger partial charge in [0.15, 0.2) is 0 Å². The van der Waals surface area contributed by atoms with E-state index < -0.39 is 11.9 Å². The van der Waals surface area contributed by atoms with Gasteiger partial charge in [-0.3, -0.25) is 14.9 Å². The zero-order valence-electron chi connectivity index (χ0n) is 19.2.